The number of halogens is 3. The van der Waals surface area contributed by atoms with Crippen LogP contribution in [0.25, 0.3) is 6.08 Å². The predicted molar refractivity (Wildman–Crippen MR) is 73.6 cm³/mol. The van der Waals surface area contributed by atoms with Gasteiger partial charge in [-0.1, -0.05) is 6.08 Å². The van der Waals surface area contributed by atoms with Gasteiger partial charge >= 0.3 is 12.1 Å². The van der Waals surface area contributed by atoms with Crippen LogP contribution in [0.4, 0.5) is 13.2 Å². The maximum Gasteiger partial charge on any atom is 0.416 e. The van der Waals surface area contributed by atoms with Gasteiger partial charge in [0.25, 0.3) is 0 Å². The Morgan fingerprint density at radius 2 is 2.18 bits per heavy atom. The predicted octanol–water partition coefficient (Wildman–Crippen LogP) is 3.45. The molecule has 1 aliphatic heterocycles. The quantitative estimate of drug-likeness (QED) is 0.683. The van der Waals surface area contributed by atoms with Crippen LogP contribution >= 0.6 is 0 Å². The second-order valence-corrected chi connectivity index (χ2v) is 4.54. The number of esters is 1. The lowest BCUT2D eigenvalue weighted by Crippen LogP contribution is -2.23. The molecule has 0 spiro atoms. The van der Waals surface area contributed by atoms with E-state index < -0.39 is 17.7 Å². The highest BCUT2D eigenvalue weighted by molar-refractivity contribution is 5.81. The second kappa shape index (κ2) is 6.55. The minimum Gasteiger partial charge on any atom is -0.462 e. The Labute approximate surface area is 125 Å². The van der Waals surface area contributed by atoms with Crippen LogP contribution in [0.2, 0.25) is 0 Å². The molecule has 0 atom stereocenters. The lowest BCUT2D eigenvalue weighted by molar-refractivity contribution is -0.138. The molecule has 1 aliphatic rings. The summed E-state index contributed by atoms with van der Waals surface area (Å²) in [6, 6.07) is 3.23. The van der Waals surface area contributed by atoms with Gasteiger partial charge in [-0.05, 0) is 31.2 Å². The van der Waals surface area contributed by atoms with Crippen LogP contribution in [-0.4, -0.2) is 12.6 Å². The van der Waals surface area contributed by atoms with Crippen molar-refractivity contribution in [1.29, 1.82) is 0 Å². The van der Waals surface area contributed by atoms with Crippen molar-refractivity contribution in [2.24, 2.45) is 0 Å². The molecule has 0 radical (unpaired) electrons. The fourth-order valence-electron chi connectivity index (χ4n) is 1.84. The van der Waals surface area contributed by atoms with Crippen LogP contribution in [0.5, 0.6) is 5.75 Å². The molecule has 4 nitrogen and oxygen atoms in total. The van der Waals surface area contributed by atoms with E-state index in [9.17, 15) is 18.0 Å². The Morgan fingerprint density at radius 1 is 1.41 bits per heavy atom. The van der Waals surface area contributed by atoms with Crippen LogP contribution in [0, 0.1) is 0 Å². The maximum atomic E-state index is 12.7. The molecule has 0 fully saturated rings. The van der Waals surface area contributed by atoms with Crippen molar-refractivity contribution in [2.75, 3.05) is 6.61 Å². The van der Waals surface area contributed by atoms with Crippen molar-refractivity contribution in [1.82, 2.24) is 5.48 Å². The molecule has 118 valence electrons. The van der Waals surface area contributed by atoms with Crippen LogP contribution in [-0.2, 0) is 15.7 Å². The van der Waals surface area contributed by atoms with Gasteiger partial charge in [-0.15, -0.1) is 0 Å². The third kappa shape index (κ3) is 4.03. The van der Waals surface area contributed by atoms with Crippen LogP contribution in [0.3, 0.4) is 0 Å². The molecule has 1 aromatic rings. The van der Waals surface area contributed by atoms with Crippen molar-refractivity contribution < 1.29 is 27.5 Å². The lowest BCUT2D eigenvalue weighted by Gasteiger charge is -2.20. The Balaban J connectivity index is 2.05. The zero-order chi connectivity index (χ0) is 16.2. The first-order chi connectivity index (χ1) is 10.4. The summed E-state index contributed by atoms with van der Waals surface area (Å²) in [5.74, 6) is -0.165. The third-order valence-electron chi connectivity index (χ3n) is 2.88. The van der Waals surface area contributed by atoms with Gasteiger partial charge in [0, 0.05) is 18.1 Å². The van der Waals surface area contributed by atoms with Gasteiger partial charge in [-0.2, -0.15) is 13.2 Å². The molecule has 0 unspecified atom stereocenters. The Bertz CT molecular complexity index is 621. The minimum atomic E-state index is -4.41. The average molecular weight is 313 g/mol. The summed E-state index contributed by atoms with van der Waals surface area (Å²) in [4.78, 5) is 16.3. The van der Waals surface area contributed by atoms with Crippen molar-refractivity contribution in [3.8, 4) is 5.75 Å². The van der Waals surface area contributed by atoms with E-state index in [2.05, 4.69) is 5.48 Å². The molecule has 1 heterocycles. The van der Waals surface area contributed by atoms with Crippen molar-refractivity contribution in [2.45, 2.75) is 19.5 Å². The van der Waals surface area contributed by atoms with E-state index in [1.807, 2.05) is 0 Å². The third-order valence-corrected chi connectivity index (χ3v) is 2.88. The minimum absolute atomic E-state index is 0.0969. The molecule has 0 amide bonds. The van der Waals surface area contributed by atoms with E-state index in [0.717, 1.165) is 12.1 Å². The number of alkyl halides is 3. The zero-order valence-corrected chi connectivity index (χ0v) is 11.7. The molecule has 0 saturated carbocycles. The smallest absolute Gasteiger partial charge is 0.416 e. The van der Waals surface area contributed by atoms with Gasteiger partial charge in [-0.25, -0.2) is 10.3 Å². The molecule has 22 heavy (non-hydrogen) atoms. The summed E-state index contributed by atoms with van der Waals surface area (Å²) >= 11 is 0. The topological polar surface area (TPSA) is 47.6 Å². The molecule has 0 bridgehead atoms. The van der Waals surface area contributed by atoms with Crippen molar-refractivity contribution in [3.63, 3.8) is 0 Å². The molecule has 1 aromatic carbocycles. The largest absolute Gasteiger partial charge is 0.462 e. The summed E-state index contributed by atoms with van der Waals surface area (Å²) in [6.07, 6.45) is 0.273. The molecular weight excluding hydrogens is 299 g/mol. The standard InChI is InChI=1S/C15H14F3NO3/c1-2-3-14(20)21-7-6-12-9-10-8-11(15(16,17)18)4-5-13(10)22-19-12/h2-5,8-9,19H,6-7H2,1H3. The van der Waals surface area contributed by atoms with E-state index >= 15 is 0 Å². The maximum absolute atomic E-state index is 12.7. The number of ether oxygens (including phenoxy) is 1. The molecule has 0 aromatic heterocycles. The first kappa shape index (κ1) is 15.9. The first-order valence-electron chi connectivity index (χ1n) is 6.54. The summed E-state index contributed by atoms with van der Waals surface area (Å²) in [7, 11) is 0. The Kier molecular flexibility index (Phi) is 4.75. The number of allylic oxidation sites excluding steroid dienone is 1. The summed E-state index contributed by atoms with van der Waals surface area (Å²) in [5.41, 5.74) is 2.72. The fourth-order valence-corrected chi connectivity index (χ4v) is 1.84. The summed E-state index contributed by atoms with van der Waals surface area (Å²) in [6.45, 7) is 1.79. The highest BCUT2D eigenvalue weighted by Gasteiger charge is 2.31. The van der Waals surface area contributed by atoms with Gasteiger partial charge in [0.1, 0.15) is 0 Å². The van der Waals surface area contributed by atoms with Gasteiger partial charge in [0.15, 0.2) is 5.75 Å². The second-order valence-electron chi connectivity index (χ2n) is 4.54. The van der Waals surface area contributed by atoms with Gasteiger partial charge in [-0.3, -0.25) is 0 Å². The summed E-state index contributed by atoms with van der Waals surface area (Å²) < 4.78 is 42.9. The number of carbonyl (C=O) groups excluding carboxylic acids is 1. The average Bonchev–Trinajstić information content (AvgIpc) is 2.46. The van der Waals surface area contributed by atoms with Crippen molar-refractivity contribution >= 4 is 12.0 Å². The van der Waals surface area contributed by atoms with E-state index in [1.54, 1.807) is 13.0 Å². The van der Waals surface area contributed by atoms with E-state index in [4.69, 9.17) is 9.57 Å². The Hall–Kier alpha value is -2.44. The van der Waals surface area contributed by atoms with Gasteiger partial charge in [0.05, 0.1) is 17.9 Å². The van der Waals surface area contributed by atoms with E-state index in [1.165, 1.54) is 18.2 Å². The molecule has 0 aliphatic carbocycles. The molecule has 2 rings (SSSR count). The van der Waals surface area contributed by atoms with Crippen LogP contribution in [0.1, 0.15) is 24.5 Å². The van der Waals surface area contributed by atoms with E-state index in [-0.39, 0.29) is 6.61 Å². The first-order valence-corrected chi connectivity index (χ1v) is 6.54. The number of fused-ring (bicyclic) bond motifs is 1. The number of nitrogens with one attached hydrogen (secondary N) is 1. The lowest BCUT2D eigenvalue weighted by atomic mass is 10.1. The number of hydrogen-bond donors (Lipinski definition) is 1. The van der Waals surface area contributed by atoms with Gasteiger partial charge in [0.2, 0.25) is 0 Å². The zero-order valence-electron chi connectivity index (χ0n) is 11.7. The molecule has 1 N–H and O–H groups in total. The normalized spacial score (nSPS) is 13.9. The SMILES string of the molecule is CC=CC(=O)OCCC1=Cc2cc(C(F)(F)F)ccc2ON1. The highest BCUT2D eigenvalue weighted by atomic mass is 19.4. The number of hydroxylamine groups is 1. The van der Waals surface area contributed by atoms with Crippen LogP contribution < -0.4 is 10.3 Å². The summed E-state index contributed by atoms with van der Waals surface area (Å²) in [5, 5.41) is 0. The molecule has 7 heteroatoms. The van der Waals surface area contributed by atoms with E-state index in [0.29, 0.717) is 23.4 Å². The van der Waals surface area contributed by atoms with Gasteiger partial charge < -0.3 is 9.57 Å². The number of rotatable bonds is 4. The number of carbonyl (C=O) groups is 1. The fraction of sp³-hybridized carbons (Fsp3) is 0.267. The monoisotopic (exact) mass is 313 g/mol. The molecular formula is C15H14F3NO3. The number of hydrogen-bond acceptors (Lipinski definition) is 4. The molecule has 0 saturated heterocycles. The highest BCUT2D eigenvalue weighted by Crippen LogP contribution is 2.34. The number of benzene rings is 1. The Morgan fingerprint density at radius 3 is 2.86 bits per heavy atom. The van der Waals surface area contributed by atoms with Crippen LogP contribution in [0.15, 0.2) is 36.0 Å². The van der Waals surface area contributed by atoms with Crippen molar-refractivity contribution in [3.05, 3.63) is 47.2 Å².